The van der Waals surface area contributed by atoms with Gasteiger partial charge >= 0.3 is 0 Å². The number of hydrogen-bond donors (Lipinski definition) is 1. The van der Waals surface area contributed by atoms with Crippen molar-refractivity contribution in [1.29, 1.82) is 0 Å². The summed E-state index contributed by atoms with van der Waals surface area (Å²) >= 11 is 0. The average molecular weight is 260 g/mol. The van der Waals surface area contributed by atoms with Crippen molar-refractivity contribution in [2.45, 2.75) is 20.0 Å². The number of aliphatic hydroxyl groups is 1. The summed E-state index contributed by atoms with van der Waals surface area (Å²) in [6.45, 7) is 3.74. The van der Waals surface area contributed by atoms with Crippen molar-refractivity contribution in [3.05, 3.63) is 64.5 Å². The number of methoxy groups -OCH3 is 1. The van der Waals surface area contributed by atoms with Gasteiger partial charge in [0.2, 0.25) is 0 Å². The van der Waals surface area contributed by atoms with Gasteiger partial charge in [-0.15, -0.1) is 0 Å². The van der Waals surface area contributed by atoms with Crippen molar-refractivity contribution in [2.24, 2.45) is 0 Å². The predicted molar refractivity (Wildman–Crippen MR) is 72.9 cm³/mol. The molecule has 0 saturated carbocycles. The summed E-state index contributed by atoms with van der Waals surface area (Å²) in [6, 6.07) is 10.00. The van der Waals surface area contributed by atoms with E-state index in [1.165, 1.54) is 12.1 Å². The summed E-state index contributed by atoms with van der Waals surface area (Å²) in [5, 5.41) is 10.5. The average Bonchev–Trinajstić information content (AvgIpc) is 2.37. The Morgan fingerprint density at radius 1 is 1.05 bits per heavy atom. The molecular formula is C16H17FO2. The van der Waals surface area contributed by atoms with Crippen LogP contribution in [0.3, 0.4) is 0 Å². The lowest BCUT2D eigenvalue weighted by atomic mass is 9.96. The molecule has 0 radical (unpaired) electrons. The maximum atomic E-state index is 13.1. The van der Waals surface area contributed by atoms with E-state index >= 15 is 0 Å². The molecule has 0 aromatic heterocycles. The first kappa shape index (κ1) is 13.6. The summed E-state index contributed by atoms with van der Waals surface area (Å²) in [5.74, 6) is 0.334. The van der Waals surface area contributed by atoms with Crippen molar-refractivity contribution in [3.8, 4) is 5.75 Å². The fraction of sp³-hybridized carbons (Fsp3) is 0.250. The molecule has 0 aliphatic heterocycles. The molecule has 0 aliphatic carbocycles. The van der Waals surface area contributed by atoms with E-state index in [0.717, 1.165) is 11.1 Å². The number of aliphatic hydroxyl groups excluding tert-OH is 1. The van der Waals surface area contributed by atoms with Crippen LogP contribution in [0.1, 0.15) is 28.4 Å². The molecule has 2 nitrogen and oxygen atoms in total. The van der Waals surface area contributed by atoms with Crippen LogP contribution in [0, 0.1) is 19.7 Å². The summed E-state index contributed by atoms with van der Waals surface area (Å²) in [5.41, 5.74) is 3.14. The highest BCUT2D eigenvalue weighted by molar-refractivity contribution is 5.44. The molecule has 2 rings (SSSR count). The van der Waals surface area contributed by atoms with Crippen molar-refractivity contribution < 1.29 is 14.2 Å². The summed E-state index contributed by atoms with van der Waals surface area (Å²) in [6.07, 6.45) is -0.823. The summed E-state index contributed by atoms with van der Waals surface area (Å²) in [7, 11) is 1.57. The first-order valence-corrected chi connectivity index (χ1v) is 6.11. The van der Waals surface area contributed by atoms with Crippen LogP contribution in [0.15, 0.2) is 36.4 Å². The van der Waals surface area contributed by atoms with Crippen LogP contribution >= 0.6 is 0 Å². The lowest BCUT2D eigenvalue weighted by molar-refractivity contribution is 0.214. The highest BCUT2D eigenvalue weighted by Gasteiger charge is 2.17. The second-order valence-corrected chi connectivity index (χ2v) is 4.65. The maximum absolute atomic E-state index is 13.1. The molecule has 19 heavy (non-hydrogen) atoms. The second kappa shape index (κ2) is 5.41. The number of hydrogen-bond acceptors (Lipinski definition) is 2. The Hall–Kier alpha value is -1.87. The summed E-state index contributed by atoms with van der Waals surface area (Å²) in [4.78, 5) is 0. The van der Waals surface area contributed by atoms with Crippen LogP contribution in [0.4, 0.5) is 4.39 Å². The van der Waals surface area contributed by atoms with E-state index in [-0.39, 0.29) is 5.82 Å². The standard InChI is InChI=1S/C16H17FO2/c1-10-4-6-14(15(8-10)19-3)16(18)13-7-5-12(17)9-11(13)2/h4-9,16,18H,1-3H3. The zero-order valence-corrected chi connectivity index (χ0v) is 11.3. The summed E-state index contributed by atoms with van der Waals surface area (Å²) < 4.78 is 18.4. The van der Waals surface area contributed by atoms with Crippen molar-refractivity contribution >= 4 is 0 Å². The molecule has 0 saturated heterocycles. The molecule has 1 atom stereocenters. The van der Waals surface area contributed by atoms with E-state index in [4.69, 9.17) is 4.74 Å². The molecule has 0 fully saturated rings. The molecule has 1 unspecified atom stereocenters. The Labute approximate surface area is 112 Å². The highest BCUT2D eigenvalue weighted by atomic mass is 19.1. The molecule has 0 heterocycles. The Kier molecular flexibility index (Phi) is 3.86. The van der Waals surface area contributed by atoms with E-state index in [1.54, 1.807) is 20.1 Å². The predicted octanol–water partition coefficient (Wildman–Crippen LogP) is 3.53. The van der Waals surface area contributed by atoms with Gasteiger partial charge in [0.05, 0.1) is 7.11 Å². The van der Waals surface area contributed by atoms with E-state index in [1.807, 2.05) is 25.1 Å². The van der Waals surface area contributed by atoms with Crippen LogP contribution in [0.5, 0.6) is 5.75 Å². The van der Waals surface area contributed by atoms with Crippen LogP contribution in [0.25, 0.3) is 0 Å². The Morgan fingerprint density at radius 2 is 1.74 bits per heavy atom. The minimum absolute atomic E-state index is 0.302. The minimum atomic E-state index is -0.823. The largest absolute Gasteiger partial charge is 0.496 e. The lowest BCUT2D eigenvalue weighted by Gasteiger charge is -2.17. The van der Waals surface area contributed by atoms with Crippen molar-refractivity contribution in [3.63, 3.8) is 0 Å². The zero-order valence-electron chi connectivity index (χ0n) is 11.3. The van der Waals surface area contributed by atoms with Gasteiger partial charge in [0.15, 0.2) is 0 Å². The molecule has 2 aromatic carbocycles. The molecule has 2 aromatic rings. The number of halogens is 1. The van der Waals surface area contributed by atoms with Crippen LogP contribution in [-0.4, -0.2) is 12.2 Å². The van der Waals surface area contributed by atoms with Gasteiger partial charge in [0, 0.05) is 5.56 Å². The molecule has 1 N–H and O–H groups in total. The number of ether oxygens (including phenoxy) is 1. The van der Waals surface area contributed by atoms with Gasteiger partial charge in [-0.2, -0.15) is 0 Å². The van der Waals surface area contributed by atoms with Gasteiger partial charge in [0.1, 0.15) is 17.7 Å². The number of rotatable bonds is 3. The van der Waals surface area contributed by atoms with Gasteiger partial charge < -0.3 is 9.84 Å². The van der Waals surface area contributed by atoms with E-state index in [0.29, 0.717) is 16.9 Å². The van der Waals surface area contributed by atoms with Crippen molar-refractivity contribution in [1.82, 2.24) is 0 Å². The zero-order chi connectivity index (χ0) is 14.0. The maximum Gasteiger partial charge on any atom is 0.125 e. The molecular weight excluding hydrogens is 243 g/mol. The minimum Gasteiger partial charge on any atom is -0.496 e. The van der Waals surface area contributed by atoms with E-state index in [9.17, 15) is 9.50 Å². The number of benzene rings is 2. The van der Waals surface area contributed by atoms with Gasteiger partial charge in [0.25, 0.3) is 0 Å². The topological polar surface area (TPSA) is 29.5 Å². The van der Waals surface area contributed by atoms with Crippen molar-refractivity contribution in [2.75, 3.05) is 7.11 Å². The highest BCUT2D eigenvalue weighted by Crippen LogP contribution is 2.32. The van der Waals surface area contributed by atoms with Gasteiger partial charge in [-0.05, 0) is 48.7 Å². The molecule has 0 amide bonds. The van der Waals surface area contributed by atoms with Gasteiger partial charge in [-0.1, -0.05) is 18.2 Å². The Balaban J connectivity index is 2.46. The first-order valence-electron chi connectivity index (χ1n) is 6.11. The normalized spacial score (nSPS) is 12.3. The third kappa shape index (κ3) is 2.76. The smallest absolute Gasteiger partial charge is 0.125 e. The quantitative estimate of drug-likeness (QED) is 0.914. The second-order valence-electron chi connectivity index (χ2n) is 4.65. The molecule has 100 valence electrons. The fourth-order valence-corrected chi connectivity index (χ4v) is 2.16. The van der Waals surface area contributed by atoms with Crippen LogP contribution < -0.4 is 4.74 Å². The molecule has 0 bridgehead atoms. The monoisotopic (exact) mass is 260 g/mol. The van der Waals surface area contributed by atoms with E-state index in [2.05, 4.69) is 0 Å². The SMILES string of the molecule is COc1cc(C)ccc1C(O)c1ccc(F)cc1C. The number of aryl methyl sites for hydroxylation is 2. The third-order valence-corrected chi connectivity index (χ3v) is 3.21. The Bertz CT molecular complexity index is 593. The third-order valence-electron chi connectivity index (χ3n) is 3.21. The first-order chi connectivity index (χ1) is 9.02. The Morgan fingerprint density at radius 3 is 2.37 bits per heavy atom. The molecule has 0 spiro atoms. The molecule has 3 heteroatoms. The lowest BCUT2D eigenvalue weighted by Crippen LogP contribution is -2.05. The molecule has 0 aliphatic rings. The van der Waals surface area contributed by atoms with Gasteiger partial charge in [-0.25, -0.2) is 4.39 Å². The van der Waals surface area contributed by atoms with Gasteiger partial charge in [-0.3, -0.25) is 0 Å². The van der Waals surface area contributed by atoms with Crippen LogP contribution in [-0.2, 0) is 0 Å². The fourth-order valence-electron chi connectivity index (χ4n) is 2.16. The van der Waals surface area contributed by atoms with E-state index < -0.39 is 6.10 Å². The van der Waals surface area contributed by atoms with Crippen LogP contribution in [0.2, 0.25) is 0 Å².